The maximum Gasteiger partial charge on any atom is 0.433 e. The number of rotatable bonds is 7. The highest BCUT2D eigenvalue weighted by Crippen LogP contribution is 2.29. The van der Waals surface area contributed by atoms with Gasteiger partial charge in [0.1, 0.15) is 11.5 Å². The van der Waals surface area contributed by atoms with Crippen LogP contribution in [-0.2, 0) is 6.18 Å². The molecule has 0 aliphatic carbocycles. The van der Waals surface area contributed by atoms with Crippen molar-refractivity contribution in [3.05, 3.63) is 23.4 Å². The molecule has 118 valence electrons. The van der Waals surface area contributed by atoms with Gasteiger partial charge in [0, 0.05) is 6.04 Å². The number of carbonyl (C=O) groups is 1. The minimum absolute atomic E-state index is 0.0367. The van der Waals surface area contributed by atoms with Crippen LogP contribution in [0.2, 0.25) is 0 Å². The molecule has 0 saturated carbocycles. The molecule has 0 radical (unpaired) electrons. The fraction of sp³-hybridized carbons (Fsp3) is 0.571. The smallest absolute Gasteiger partial charge is 0.367 e. The molecule has 21 heavy (non-hydrogen) atoms. The van der Waals surface area contributed by atoms with Crippen molar-refractivity contribution < 1.29 is 18.0 Å². The Morgan fingerprint density at radius 2 is 2.05 bits per heavy atom. The summed E-state index contributed by atoms with van der Waals surface area (Å²) in [4.78, 5) is 14.8. The summed E-state index contributed by atoms with van der Waals surface area (Å²) in [6.45, 7) is 3.90. The third kappa shape index (κ3) is 5.24. The van der Waals surface area contributed by atoms with Crippen molar-refractivity contribution >= 4 is 11.7 Å². The number of primary amides is 1. The maximum absolute atomic E-state index is 12.7. The zero-order valence-electron chi connectivity index (χ0n) is 12.1. The Balaban J connectivity index is 2.93. The van der Waals surface area contributed by atoms with Crippen LogP contribution in [0.5, 0.6) is 0 Å². The number of anilines is 1. The van der Waals surface area contributed by atoms with Gasteiger partial charge in [-0.05, 0) is 25.5 Å². The van der Waals surface area contributed by atoms with Crippen LogP contribution < -0.4 is 11.1 Å². The highest BCUT2D eigenvalue weighted by Gasteiger charge is 2.33. The van der Waals surface area contributed by atoms with Gasteiger partial charge in [0.15, 0.2) is 0 Å². The molecule has 0 aliphatic rings. The molecule has 0 aliphatic heterocycles. The Hall–Kier alpha value is -1.79. The topological polar surface area (TPSA) is 68.0 Å². The monoisotopic (exact) mass is 303 g/mol. The molecule has 7 heteroatoms. The van der Waals surface area contributed by atoms with Crippen LogP contribution in [0.25, 0.3) is 0 Å². The van der Waals surface area contributed by atoms with Crippen LogP contribution in [-0.4, -0.2) is 16.9 Å². The van der Waals surface area contributed by atoms with E-state index in [1.54, 1.807) is 0 Å². The van der Waals surface area contributed by atoms with E-state index in [2.05, 4.69) is 17.2 Å². The van der Waals surface area contributed by atoms with E-state index >= 15 is 0 Å². The van der Waals surface area contributed by atoms with Crippen LogP contribution >= 0.6 is 0 Å². The molecule has 1 rings (SSSR count). The van der Waals surface area contributed by atoms with Crippen molar-refractivity contribution in [2.75, 3.05) is 5.32 Å². The Morgan fingerprint density at radius 3 is 2.57 bits per heavy atom. The Bertz CT molecular complexity index is 489. The molecular weight excluding hydrogens is 283 g/mol. The van der Waals surface area contributed by atoms with Gasteiger partial charge in [-0.15, -0.1) is 0 Å². The summed E-state index contributed by atoms with van der Waals surface area (Å²) in [5, 5.41) is 2.85. The number of amides is 1. The number of hydrogen-bond donors (Lipinski definition) is 2. The molecule has 0 saturated heterocycles. The number of pyridine rings is 1. The highest BCUT2D eigenvalue weighted by atomic mass is 19.4. The number of carbonyl (C=O) groups excluding carboxylic acids is 1. The third-order valence-corrected chi connectivity index (χ3v) is 3.07. The Labute approximate surface area is 121 Å². The van der Waals surface area contributed by atoms with E-state index in [0.717, 1.165) is 37.8 Å². The van der Waals surface area contributed by atoms with Crippen LogP contribution in [0.1, 0.15) is 55.6 Å². The number of unbranched alkanes of at least 4 members (excludes halogenated alkanes) is 2. The van der Waals surface area contributed by atoms with Crippen molar-refractivity contribution in [1.29, 1.82) is 0 Å². The molecule has 1 atom stereocenters. The molecule has 0 aromatic carbocycles. The SMILES string of the molecule is CCCCCC(C)Nc1nc(C(F)(F)F)ccc1C(N)=O. The Morgan fingerprint density at radius 1 is 1.38 bits per heavy atom. The van der Waals surface area contributed by atoms with E-state index in [1.807, 2.05) is 6.92 Å². The molecule has 1 amide bonds. The van der Waals surface area contributed by atoms with E-state index in [-0.39, 0.29) is 17.4 Å². The summed E-state index contributed by atoms with van der Waals surface area (Å²) in [5.41, 5.74) is 4.09. The zero-order valence-corrected chi connectivity index (χ0v) is 12.1. The van der Waals surface area contributed by atoms with Crippen molar-refractivity contribution in [2.45, 2.75) is 51.7 Å². The van der Waals surface area contributed by atoms with Gasteiger partial charge in [-0.2, -0.15) is 13.2 Å². The average molecular weight is 303 g/mol. The molecule has 0 bridgehead atoms. The van der Waals surface area contributed by atoms with Gasteiger partial charge >= 0.3 is 6.18 Å². The van der Waals surface area contributed by atoms with Gasteiger partial charge < -0.3 is 11.1 Å². The van der Waals surface area contributed by atoms with Crippen molar-refractivity contribution in [3.8, 4) is 0 Å². The normalized spacial score (nSPS) is 13.0. The molecule has 1 unspecified atom stereocenters. The van der Waals surface area contributed by atoms with Crippen molar-refractivity contribution in [3.63, 3.8) is 0 Å². The minimum atomic E-state index is -4.56. The number of alkyl halides is 3. The van der Waals surface area contributed by atoms with Gasteiger partial charge in [0.25, 0.3) is 5.91 Å². The molecule has 4 nitrogen and oxygen atoms in total. The number of nitrogens with two attached hydrogens (primary N) is 1. The number of hydrogen-bond acceptors (Lipinski definition) is 3. The average Bonchev–Trinajstić information content (AvgIpc) is 2.37. The van der Waals surface area contributed by atoms with E-state index in [9.17, 15) is 18.0 Å². The summed E-state index contributed by atoms with van der Waals surface area (Å²) >= 11 is 0. The molecule has 0 fully saturated rings. The van der Waals surface area contributed by atoms with Crippen LogP contribution in [0.3, 0.4) is 0 Å². The van der Waals surface area contributed by atoms with E-state index < -0.39 is 17.8 Å². The first-order valence-electron chi connectivity index (χ1n) is 6.90. The van der Waals surface area contributed by atoms with E-state index in [1.165, 1.54) is 0 Å². The van der Waals surface area contributed by atoms with Gasteiger partial charge in [-0.25, -0.2) is 4.98 Å². The number of halogens is 3. The lowest BCUT2D eigenvalue weighted by Crippen LogP contribution is -2.22. The molecular formula is C14H20F3N3O. The van der Waals surface area contributed by atoms with E-state index in [0.29, 0.717) is 0 Å². The highest BCUT2D eigenvalue weighted by molar-refractivity contribution is 5.97. The third-order valence-electron chi connectivity index (χ3n) is 3.07. The predicted molar refractivity (Wildman–Crippen MR) is 75.0 cm³/mol. The van der Waals surface area contributed by atoms with Crippen molar-refractivity contribution in [1.82, 2.24) is 4.98 Å². The molecule has 1 heterocycles. The molecule has 3 N–H and O–H groups in total. The quantitative estimate of drug-likeness (QED) is 0.756. The first-order chi connectivity index (χ1) is 9.75. The zero-order chi connectivity index (χ0) is 16.0. The summed E-state index contributed by atoms with van der Waals surface area (Å²) in [5.74, 6) is -0.916. The second-order valence-electron chi connectivity index (χ2n) is 5.00. The fourth-order valence-electron chi connectivity index (χ4n) is 1.93. The first-order valence-corrected chi connectivity index (χ1v) is 6.90. The first kappa shape index (κ1) is 17.3. The van der Waals surface area contributed by atoms with Crippen LogP contribution in [0, 0.1) is 0 Å². The summed E-state index contributed by atoms with van der Waals surface area (Å²) in [6, 6.07) is 1.72. The minimum Gasteiger partial charge on any atom is -0.367 e. The van der Waals surface area contributed by atoms with Gasteiger partial charge in [0.05, 0.1) is 5.56 Å². The lowest BCUT2D eigenvalue weighted by molar-refractivity contribution is -0.141. The Kier molecular flexibility index (Phi) is 5.99. The molecule has 0 spiro atoms. The lowest BCUT2D eigenvalue weighted by atomic mass is 10.1. The predicted octanol–water partition coefficient (Wildman–Crippen LogP) is 3.58. The lowest BCUT2D eigenvalue weighted by Gasteiger charge is -2.17. The molecule has 1 aromatic heterocycles. The number of nitrogens with one attached hydrogen (secondary N) is 1. The number of aromatic nitrogens is 1. The summed E-state index contributed by atoms with van der Waals surface area (Å²) in [7, 11) is 0. The van der Waals surface area contributed by atoms with Crippen molar-refractivity contribution in [2.24, 2.45) is 5.73 Å². The fourth-order valence-corrected chi connectivity index (χ4v) is 1.93. The van der Waals surface area contributed by atoms with E-state index in [4.69, 9.17) is 5.73 Å². The van der Waals surface area contributed by atoms with Crippen LogP contribution in [0.4, 0.5) is 19.0 Å². The maximum atomic E-state index is 12.7. The number of nitrogens with zero attached hydrogens (tertiary/aromatic N) is 1. The molecule has 1 aromatic rings. The van der Waals surface area contributed by atoms with Gasteiger partial charge in [0.2, 0.25) is 0 Å². The van der Waals surface area contributed by atoms with Gasteiger partial charge in [-0.3, -0.25) is 4.79 Å². The second kappa shape index (κ2) is 7.28. The summed E-state index contributed by atoms with van der Waals surface area (Å²) < 4.78 is 38.0. The van der Waals surface area contributed by atoms with Crippen LogP contribution in [0.15, 0.2) is 12.1 Å². The largest absolute Gasteiger partial charge is 0.433 e. The second-order valence-corrected chi connectivity index (χ2v) is 5.00. The van der Waals surface area contributed by atoms with Gasteiger partial charge in [-0.1, -0.05) is 26.2 Å². The standard InChI is InChI=1S/C14H20F3N3O/c1-3-4-5-6-9(2)19-13-10(12(18)21)7-8-11(20-13)14(15,16)17/h7-9H,3-6H2,1-2H3,(H2,18,21)(H,19,20). The summed E-state index contributed by atoms with van der Waals surface area (Å²) in [6.07, 6.45) is -0.719.